The fourth-order valence-electron chi connectivity index (χ4n) is 1.70. The normalized spacial score (nSPS) is 12.1. The Morgan fingerprint density at radius 3 is 2.56 bits per heavy atom. The van der Waals surface area contributed by atoms with E-state index in [1.54, 1.807) is 12.1 Å². The molecule has 1 aromatic carbocycles. The molecule has 0 saturated carbocycles. The van der Waals surface area contributed by atoms with Crippen LogP contribution in [-0.4, -0.2) is 16.1 Å². The van der Waals surface area contributed by atoms with E-state index in [2.05, 4.69) is 4.98 Å². The summed E-state index contributed by atoms with van der Waals surface area (Å²) >= 11 is 0. The highest BCUT2D eigenvalue weighted by atomic mass is 19.1. The molecule has 1 heterocycles. The van der Waals surface area contributed by atoms with Crippen LogP contribution in [0.25, 0.3) is 0 Å². The Morgan fingerprint density at radius 1 is 1.22 bits per heavy atom. The molecule has 0 radical (unpaired) electrons. The van der Waals surface area contributed by atoms with Crippen molar-refractivity contribution in [3.05, 3.63) is 65.5 Å². The maximum Gasteiger partial charge on any atom is 0.317 e. The van der Waals surface area contributed by atoms with E-state index >= 15 is 0 Å². The molecule has 1 N–H and O–H groups in total. The first-order chi connectivity index (χ1) is 8.59. The molecule has 0 fully saturated rings. The SMILES string of the molecule is O=C(O)C(c1ccccn1)c1ccc(F)cc1F. The van der Waals surface area contributed by atoms with Gasteiger partial charge < -0.3 is 5.11 Å². The zero-order valence-electron chi connectivity index (χ0n) is 9.18. The second-order valence-corrected chi connectivity index (χ2v) is 3.69. The zero-order chi connectivity index (χ0) is 13.1. The van der Waals surface area contributed by atoms with E-state index < -0.39 is 23.5 Å². The van der Waals surface area contributed by atoms with Gasteiger partial charge in [0.2, 0.25) is 0 Å². The van der Waals surface area contributed by atoms with Gasteiger partial charge in [0.05, 0.1) is 5.69 Å². The molecular formula is C13H9F2NO2. The number of carboxylic acid groups (broad SMARTS) is 1. The first-order valence-corrected chi connectivity index (χ1v) is 5.18. The maximum atomic E-state index is 13.6. The van der Waals surface area contributed by atoms with Gasteiger partial charge in [0, 0.05) is 17.8 Å². The standard InChI is InChI=1S/C13H9F2NO2/c14-8-4-5-9(10(15)7-8)12(13(17)18)11-3-1-2-6-16-11/h1-7,12H,(H,17,18). The van der Waals surface area contributed by atoms with Crippen molar-refractivity contribution >= 4 is 5.97 Å². The molecule has 92 valence electrons. The molecule has 0 saturated heterocycles. The molecule has 1 aromatic heterocycles. The number of hydrogen-bond acceptors (Lipinski definition) is 2. The van der Waals surface area contributed by atoms with Crippen molar-refractivity contribution in [2.24, 2.45) is 0 Å². The number of aromatic nitrogens is 1. The Bertz CT molecular complexity index is 572. The van der Waals surface area contributed by atoms with Gasteiger partial charge in [0.25, 0.3) is 0 Å². The number of aliphatic carboxylic acids is 1. The Kier molecular flexibility index (Phi) is 3.32. The average molecular weight is 249 g/mol. The summed E-state index contributed by atoms with van der Waals surface area (Å²) in [6, 6.07) is 7.54. The lowest BCUT2D eigenvalue weighted by molar-refractivity contribution is -0.137. The minimum atomic E-state index is -1.24. The van der Waals surface area contributed by atoms with Gasteiger partial charge in [0.15, 0.2) is 0 Å². The number of halogens is 2. The lowest BCUT2D eigenvalue weighted by atomic mass is 9.95. The van der Waals surface area contributed by atoms with Crippen LogP contribution in [0.1, 0.15) is 17.2 Å². The predicted octanol–water partition coefficient (Wildman–Crippen LogP) is 2.58. The van der Waals surface area contributed by atoms with Gasteiger partial charge in [-0.1, -0.05) is 12.1 Å². The highest BCUT2D eigenvalue weighted by Crippen LogP contribution is 2.26. The van der Waals surface area contributed by atoms with Gasteiger partial charge in [-0.3, -0.25) is 9.78 Å². The van der Waals surface area contributed by atoms with Crippen LogP contribution in [0.5, 0.6) is 0 Å². The second kappa shape index (κ2) is 4.91. The number of carboxylic acids is 1. The highest BCUT2D eigenvalue weighted by molar-refractivity contribution is 5.79. The maximum absolute atomic E-state index is 13.6. The number of rotatable bonds is 3. The van der Waals surface area contributed by atoms with Crippen LogP contribution < -0.4 is 0 Å². The first kappa shape index (κ1) is 12.2. The molecule has 0 aliphatic heterocycles. The summed E-state index contributed by atoms with van der Waals surface area (Å²) < 4.78 is 26.4. The Balaban J connectivity index is 2.52. The van der Waals surface area contributed by atoms with Crippen LogP contribution in [-0.2, 0) is 4.79 Å². The van der Waals surface area contributed by atoms with Crippen molar-refractivity contribution in [2.75, 3.05) is 0 Å². The fraction of sp³-hybridized carbons (Fsp3) is 0.0769. The summed E-state index contributed by atoms with van der Waals surface area (Å²) in [6.45, 7) is 0. The van der Waals surface area contributed by atoms with Gasteiger partial charge in [-0.25, -0.2) is 8.78 Å². The van der Waals surface area contributed by atoms with Crippen LogP contribution in [0.2, 0.25) is 0 Å². The van der Waals surface area contributed by atoms with E-state index in [0.29, 0.717) is 6.07 Å². The van der Waals surface area contributed by atoms with E-state index in [9.17, 15) is 18.7 Å². The van der Waals surface area contributed by atoms with Crippen molar-refractivity contribution in [1.82, 2.24) is 4.98 Å². The van der Waals surface area contributed by atoms with Crippen molar-refractivity contribution in [3.63, 3.8) is 0 Å². The summed E-state index contributed by atoms with van der Waals surface area (Å²) in [5, 5.41) is 9.17. The minimum Gasteiger partial charge on any atom is -0.480 e. The molecule has 3 nitrogen and oxygen atoms in total. The molecule has 2 rings (SSSR count). The largest absolute Gasteiger partial charge is 0.480 e. The lowest BCUT2D eigenvalue weighted by Crippen LogP contribution is -2.16. The van der Waals surface area contributed by atoms with Crippen LogP contribution >= 0.6 is 0 Å². The molecule has 1 atom stereocenters. The number of carbonyl (C=O) groups is 1. The first-order valence-electron chi connectivity index (χ1n) is 5.18. The molecular weight excluding hydrogens is 240 g/mol. The molecule has 1 unspecified atom stereocenters. The summed E-state index contributed by atoms with van der Waals surface area (Å²) in [6.07, 6.45) is 1.42. The molecule has 0 spiro atoms. The number of pyridine rings is 1. The van der Waals surface area contributed by atoms with Gasteiger partial charge in [-0.15, -0.1) is 0 Å². The van der Waals surface area contributed by atoms with Gasteiger partial charge in [0.1, 0.15) is 17.6 Å². The van der Waals surface area contributed by atoms with Crippen LogP contribution in [0.3, 0.4) is 0 Å². The number of hydrogen-bond donors (Lipinski definition) is 1. The average Bonchev–Trinajstić information content (AvgIpc) is 2.33. The van der Waals surface area contributed by atoms with E-state index in [4.69, 9.17) is 0 Å². The summed E-state index contributed by atoms with van der Waals surface area (Å²) in [5.41, 5.74) is 0.0955. The fourth-order valence-corrected chi connectivity index (χ4v) is 1.70. The molecule has 0 aliphatic rings. The van der Waals surface area contributed by atoms with Crippen LogP contribution in [0.4, 0.5) is 8.78 Å². The zero-order valence-corrected chi connectivity index (χ0v) is 9.18. The quantitative estimate of drug-likeness (QED) is 0.909. The number of nitrogens with zero attached hydrogens (tertiary/aromatic N) is 1. The second-order valence-electron chi connectivity index (χ2n) is 3.69. The molecule has 18 heavy (non-hydrogen) atoms. The third-order valence-electron chi connectivity index (χ3n) is 2.50. The van der Waals surface area contributed by atoms with E-state index in [0.717, 1.165) is 12.1 Å². The summed E-state index contributed by atoms with van der Waals surface area (Å²) in [4.78, 5) is 15.1. The third-order valence-corrected chi connectivity index (χ3v) is 2.50. The highest BCUT2D eigenvalue weighted by Gasteiger charge is 2.26. The van der Waals surface area contributed by atoms with E-state index in [1.807, 2.05) is 0 Å². The molecule has 0 bridgehead atoms. The van der Waals surface area contributed by atoms with Gasteiger partial charge in [-0.05, 0) is 18.2 Å². The van der Waals surface area contributed by atoms with E-state index in [1.165, 1.54) is 12.3 Å². The lowest BCUT2D eigenvalue weighted by Gasteiger charge is -2.12. The summed E-state index contributed by atoms with van der Waals surface area (Å²) in [5.74, 6) is -4.12. The Labute approximate surface area is 102 Å². The van der Waals surface area contributed by atoms with Crippen LogP contribution in [0.15, 0.2) is 42.6 Å². The van der Waals surface area contributed by atoms with Gasteiger partial charge >= 0.3 is 5.97 Å². The van der Waals surface area contributed by atoms with Gasteiger partial charge in [-0.2, -0.15) is 0 Å². The topological polar surface area (TPSA) is 50.2 Å². The molecule has 0 amide bonds. The van der Waals surface area contributed by atoms with E-state index in [-0.39, 0.29) is 11.3 Å². The number of benzene rings is 1. The molecule has 2 aromatic rings. The summed E-state index contributed by atoms with van der Waals surface area (Å²) in [7, 11) is 0. The Hall–Kier alpha value is -2.30. The van der Waals surface area contributed by atoms with Crippen molar-refractivity contribution in [3.8, 4) is 0 Å². The Morgan fingerprint density at radius 2 is 2.00 bits per heavy atom. The molecule has 5 heteroatoms. The van der Waals surface area contributed by atoms with Crippen molar-refractivity contribution < 1.29 is 18.7 Å². The minimum absolute atomic E-state index is 0.109. The van der Waals surface area contributed by atoms with Crippen LogP contribution in [0, 0.1) is 11.6 Å². The third kappa shape index (κ3) is 2.34. The van der Waals surface area contributed by atoms with Crippen molar-refractivity contribution in [2.45, 2.75) is 5.92 Å². The smallest absolute Gasteiger partial charge is 0.317 e. The molecule has 0 aliphatic carbocycles. The monoisotopic (exact) mass is 249 g/mol. The predicted molar refractivity (Wildman–Crippen MR) is 60.1 cm³/mol. The van der Waals surface area contributed by atoms with Crippen molar-refractivity contribution in [1.29, 1.82) is 0 Å².